The normalized spacial score (nSPS) is 11.6. The van der Waals surface area contributed by atoms with Crippen molar-refractivity contribution in [2.75, 3.05) is 6.54 Å². The average Bonchev–Trinajstić information content (AvgIpc) is 3.17. The Morgan fingerprint density at radius 2 is 1.93 bits per heavy atom. The number of Topliss-reactive ketones (excluding diaryl/α,β-unsaturated/α-hetero) is 1. The molecule has 0 aliphatic carbocycles. The number of carbonyl (C=O) groups excluding carboxylic acids is 2. The summed E-state index contributed by atoms with van der Waals surface area (Å²) < 4.78 is 7.46. The first-order chi connectivity index (χ1) is 13.5. The van der Waals surface area contributed by atoms with Crippen LogP contribution in [-0.4, -0.2) is 34.1 Å². The van der Waals surface area contributed by atoms with Crippen LogP contribution in [0.2, 0.25) is 0 Å². The van der Waals surface area contributed by atoms with Gasteiger partial charge in [-0.05, 0) is 50.1 Å². The van der Waals surface area contributed by atoms with Gasteiger partial charge < -0.3 is 10.1 Å². The highest BCUT2D eigenvalue weighted by Gasteiger charge is 2.15. The molecule has 3 rings (SSSR count). The van der Waals surface area contributed by atoms with E-state index in [4.69, 9.17) is 4.74 Å². The molecule has 0 saturated heterocycles. The van der Waals surface area contributed by atoms with Gasteiger partial charge in [0.1, 0.15) is 5.75 Å². The molecule has 1 amide bonds. The van der Waals surface area contributed by atoms with E-state index in [0.717, 1.165) is 11.3 Å². The minimum Gasteiger partial charge on any atom is -0.481 e. The molecule has 1 N–H and O–H groups in total. The summed E-state index contributed by atoms with van der Waals surface area (Å²) in [6, 6.07) is 16.7. The molecule has 1 heterocycles. The van der Waals surface area contributed by atoms with E-state index in [-0.39, 0.29) is 11.7 Å². The summed E-state index contributed by atoms with van der Waals surface area (Å²) in [6.45, 7) is 3.67. The van der Waals surface area contributed by atoms with Crippen LogP contribution in [0.25, 0.3) is 5.69 Å². The molecule has 144 valence electrons. The van der Waals surface area contributed by atoms with E-state index in [1.54, 1.807) is 37.4 Å². The molecule has 0 bridgehead atoms. The largest absolute Gasteiger partial charge is 0.481 e. The maximum atomic E-state index is 12.3. The third-order valence-electron chi connectivity index (χ3n) is 4.29. The van der Waals surface area contributed by atoms with Crippen molar-refractivity contribution in [3.63, 3.8) is 0 Å². The van der Waals surface area contributed by atoms with E-state index >= 15 is 0 Å². The van der Waals surface area contributed by atoms with Crippen molar-refractivity contribution >= 4 is 11.7 Å². The van der Waals surface area contributed by atoms with E-state index in [1.807, 2.05) is 41.2 Å². The molecular weight excluding hydrogens is 354 g/mol. The molecular formula is C22H23N3O3. The molecule has 3 aromatic rings. The zero-order valence-corrected chi connectivity index (χ0v) is 16.0. The number of hydrogen-bond donors (Lipinski definition) is 1. The Kier molecular flexibility index (Phi) is 6.22. The second kappa shape index (κ2) is 8.99. The van der Waals surface area contributed by atoms with E-state index in [0.29, 0.717) is 24.3 Å². The van der Waals surface area contributed by atoms with Crippen LogP contribution in [0.3, 0.4) is 0 Å². The van der Waals surface area contributed by atoms with Crippen LogP contribution in [0, 0.1) is 0 Å². The predicted octanol–water partition coefficient (Wildman–Crippen LogP) is 3.20. The minimum atomic E-state index is -0.658. The molecule has 6 nitrogen and oxygen atoms in total. The molecule has 0 spiro atoms. The second-order valence-electron chi connectivity index (χ2n) is 6.51. The smallest absolute Gasteiger partial charge is 0.260 e. The number of ketones is 1. The number of hydrogen-bond acceptors (Lipinski definition) is 4. The summed E-state index contributed by atoms with van der Waals surface area (Å²) in [5.74, 6) is 0.252. The standard InChI is InChI=1S/C22H23N3O3/c1-16(26)19-7-6-10-21(13-19)28-17(2)22(27)23-12-11-18-14-24-25(15-18)20-8-4-3-5-9-20/h3-10,13-15,17H,11-12H2,1-2H3,(H,23,27). The van der Waals surface area contributed by atoms with Crippen molar-refractivity contribution in [2.45, 2.75) is 26.4 Å². The van der Waals surface area contributed by atoms with Crippen molar-refractivity contribution < 1.29 is 14.3 Å². The lowest BCUT2D eigenvalue weighted by atomic mass is 10.1. The molecule has 28 heavy (non-hydrogen) atoms. The van der Waals surface area contributed by atoms with Crippen LogP contribution in [0.5, 0.6) is 5.75 Å². The van der Waals surface area contributed by atoms with Crippen LogP contribution < -0.4 is 10.1 Å². The maximum Gasteiger partial charge on any atom is 0.260 e. The number of nitrogens with one attached hydrogen (secondary N) is 1. The molecule has 0 radical (unpaired) electrons. The highest BCUT2D eigenvalue weighted by Crippen LogP contribution is 2.15. The van der Waals surface area contributed by atoms with Crippen LogP contribution in [-0.2, 0) is 11.2 Å². The summed E-state index contributed by atoms with van der Waals surface area (Å²) in [4.78, 5) is 23.7. The highest BCUT2D eigenvalue weighted by molar-refractivity contribution is 5.94. The first kappa shape index (κ1) is 19.4. The lowest BCUT2D eigenvalue weighted by molar-refractivity contribution is -0.127. The van der Waals surface area contributed by atoms with E-state index in [9.17, 15) is 9.59 Å². The molecule has 2 aromatic carbocycles. The van der Waals surface area contributed by atoms with E-state index < -0.39 is 6.10 Å². The van der Waals surface area contributed by atoms with Gasteiger partial charge in [-0.1, -0.05) is 30.3 Å². The first-order valence-corrected chi connectivity index (χ1v) is 9.17. The van der Waals surface area contributed by atoms with Gasteiger partial charge >= 0.3 is 0 Å². The summed E-state index contributed by atoms with van der Waals surface area (Å²) in [7, 11) is 0. The van der Waals surface area contributed by atoms with Gasteiger partial charge in [0, 0.05) is 18.3 Å². The molecule has 0 saturated carbocycles. The van der Waals surface area contributed by atoms with Gasteiger partial charge in [-0.25, -0.2) is 4.68 Å². The number of carbonyl (C=O) groups is 2. The predicted molar refractivity (Wildman–Crippen MR) is 107 cm³/mol. The fourth-order valence-corrected chi connectivity index (χ4v) is 2.73. The van der Waals surface area contributed by atoms with Crippen LogP contribution in [0.15, 0.2) is 67.0 Å². The summed E-state index contributed by atoms with van der Waals surface area (Å²) in [5, 5.41) is 7.22. The molecule has 0 aliphatic rings. The van der Waals surface area contributed by atoms with Gasteiger partial charge in [-0.2, -0.15) is 5.10 Å². The van der Waals surface area contributed by atoms with E-state index in [1.165, 1.54) is 6.92 Å². The Bertz CT molecular complexity index is 950. The molecule has 1 aromatic heterocycles. The monoisotopic (exact) mass is 377 g/mol. The van der Waals surface area contributed by atoms with Gasteiger partial charge in [-0.15, -0.1) is 0 Å². The Morgan fingerprint density at radius 1 is 1.14 bits per heavy atom. The number of rotatable bonds is 8. The van der Waals surface area contributed by atoms with Crippen molar-refractivity contribution in [3.05, 3.63) is 78.1 Å². The topological polar surface area (TPSA) is 73.2 Å². The molecule has 1 atom stereocenters. The molecule has 1 unspecified atom stereocenters. The number of nitrogens with zero attached hydrogens (tertiary/aromatic N) is 2. The number of benzene rings is 2. The Labute approximate surface area is 164 Å². The average molecular weight is 377 g/mol. The van der Waals surface area contributed by atoms with Crippen molar-refractivity contribution in [1.82, 2.24) is 15.1 Å². The van der Waals surface area contributed by atoms with Gasteiger partial charge in [0.25, 0.3) is 5.91 Å². The number of aromatic nitrogens is 2. The lowest BCUT2D eigenvalue weighted by Crippen LogP contribution is -2.37. The first-order valence-electron chi connectivity index (χ1n) is 9.17. The van der Waals surface area contributed by atoms with E-state index in [2.05, 4.69) is 10.4 Å². The molecule has 0 fully saturated rings. The third kappa shape index (κ3) is 5.07. The van der Waals surface area contributed by atoms with Crippen molar-refractivity contribution in [3.8, 4) is 11.4 Å². The van der Waals surface area contributed by atoms with Crippen molar-refractivity contribution in [1.29, 1.82) is 0 Å². The molecule has 0 aliphatic heterocycles. The number of ether oxygens (including phenoxy) is 1. The van der Waals surface area contributed by atoms with Crippen molar-refractivity contribution in [2.24, 2.45) is 0 Å². The number of amides is 1. The zero-order valence-electron chi connectivity index (χ0n) is 16.0. The Morgan fingerprint density at radius 3 is 2.68 bits per heavy atom. The van der Waals surface area contributed by atoms with Gasteiger partial charge in [0.15, 0.2) is 11.9 Å². The van der Waals surface area contributed by atoms with Gasteiger partial charge in [-0.3, -0.25) is 9.59 Å². The van der Waals surface area contributed by atoms with Crippen LogP contribution in [0.4, 0.5) is 0 Å². The maximum absolute atomic E-state index is 12.3. The molecule has 6 heteroatoms. The highest BCUT2D eigenvalue weighted by atomic mass is 16.5. The van der Waals surface area contributed by atoms with Crippen LogP contribution >= 0.6 is 0 Å². The Balaban J connectivity index is 1.48. The number of para-hydroxylation sites is 1. The third-order valence-corrected chi connectivity index (χ3v) is 4.29. The zero-order chi connectivity index (χ0) is 19.9. The fourth-order valence-electron chi connectivity index (χ4n) is 2.73. The fraction of sp³-hybridized carbons (Fsp3) is 0.227. The minimum absolute atomic E-state index is 0.0430. The Hall–Kier alpha value is -3.41. The summed E-state index contributed by atoms with van der Waals surface area (Å²) >= 11 is 0. The lowest BCUT2D eigenvalue weighted by Gasteiger charge is -2.15. The summed E-state index contributed by atoms with van der Waals surface area (Å²) in [6.07, 6.45) is 3.76. The summed E-state index contributed by atoms with van der Waals surface area (Å²) in [5.41, 5.74) is 2.58. The van der Waals surface area contributed by atoms with Gasteiger partial charge in [0.05, 0.1) is 11.9 Å². The van der Waals surface area contributed by atoms with Gasteiger partial charge in [0.2, 0.25) is 0 Å². The second-order valence-corrected chi connectivity index (χ2v) is 6.51. The SMILES string of the molecule is CC(=O)c1cccc(OC(C)C(=O)NCCc2cnn(-c3ccccc3)c2)c1. The quantitative estimate of drug-likeness (QED) is 0.612. The van der Waals surface area contributed by atoms with Crippen LogP contribution in [0.1, 0.15) is 29.8 Å².